The molecule has 2 unspecified atom stereocenters. The molecule has 1 saturated carbocycles. The molecule has 1 aliphatic heterocycles. The van der Waals surface area contributed by atoms with Gasteiger partial charge in [0.05, 0.1) is 6.10 Å². The molecule has 6 heteroatoms. The number of thiophene rings is 1. The molecule has 1 aromatic heterocycles. The predicted octanol–water partition coefficient (Wildman–Crippen LogP) is 3.88. The molecular weight excluding hydrogens is 356 g/mol. The normalized spacial score (nSPS) is 23.9. The Morgan fingerprint density at radius 3 is 2.76 bits per heavy atom. The molecular formula is C19H31ClN2O2S. The van der Waals surface area contributed by atoms with E-state index in [1.807, 2.05) is 22.4 Å². The van der Waals surface area contributed by atoms with E-state index in [-0.39, 0.29) is 29.8 Å². The Morgan fingerprint density at radius 1 is 1.36 bits per heavy atom. The van der Waals surface area contributed by atoms with Crippen LogP contribution in [0.5, 0.6) is 0 Å². The molecule has 0 radical (unpaired) electrons. The monoisotopic (exact) mass is 386 g/mol. The predicted molar refractivity (Wildman–Crippen MR) is 105 cm³/mol. The maximum atomic E-state index is 12.9. The number of nitrogens with two attached hydrogens (primary N) is 1. The van der Waals surface area contributed by atoms with E-state index in [0.29, 0.717) is 19.4 Å². The minimum absolute atomic E-state index is 0. The van der Waals surface area contributed by atoms with Crippen LogP contribution < -0.4 is 5.73 Å². The summed E-state index contributed by atoms with van der Waals surface area (Å²) < 4.78 is 0. The maximum Gasteiger partial charge on any atom is 0.223 e. The lowest BCUT2D eigenvalue weighted by molar-refractivity contribution is -0.135. The molecule has 1 saturated heterocycles. The molecule has 2 fully saturated rings. The molecule has 1 aromatic rings. The van der Waals surface area contributed by atoms with Crippen LogP contribution in [0.3, 0.4) is 0 Å². The summed E-state index contributed by atoms with van der Waals surface area (Å²) in [6.45, 7) is 1.45. The van der Waals surface area contributed by atoms with Crippen molar-refractivity contribution < 1.29 is 9.90 Å². The summed E-state index contributed by atoms with van der Waals surface area (Å²) in [5.41, 5.74) is 6.08. The molecule has 25 heavy (non-hydrogen) atoms. The zero-order valence-electron chi connectivity index (χ0n) is 14.9. The van der Waals surface area contributed by atoms with Crippen molar-refractivity contribution in [2.45, 2.75) is 69.9 Å². The maximum absolute atomic E-state index is 12.9. The van der Waals surface area contributed by atoms with Gasteiger partial charge in [0.1, 0.15) is 0 Å². The van der Waals surface area contributed by atoms with Gasteiger partial charge in [-0.3, -0.25) is 4.79 Å². The minimum Gasteiger partial charge on any atom is -0.387 e. The number of likely N-dealkylation sites (tertiary alicyclic amines) is 1. The van der Waals surface area contributed by atoms with Crippen LogP contribution in [0.2, 0.25) is 0 Å². The highest BCUT2D eigenvalue weighted by molar-refractivity contribution is 7.10. The van der Waals surface area contributed by atoms with Crippen molar-refractivity contribution in [3.05, 3.63) is 22.4 Å². The van der Waals surface area contributed by atoms with Crippen LogP contribution in [0.15, 0.2) is 17.5 Å². The van der Waals surface area contributed by atoms with E-state index in [4.69, 9.17) is 5.73 Å². The average molecular weight is 387 g/mol. The van der Waals surface area contributed by atoms with Gasteiger partial charge in [-0.2, -0.15) is 0 Å². The van der Waals surface area contributed by atoms with Crippen molar-refractivity contribution in [3.8, 4) is 0 Å². The van der Waals surface area contributed by atoms with Crippen LogP contribution in [0.1, 0.15) is 68.8 Å². The van der Waals surface area contributed by atoms with E-state index in [1.54, 1.807) is 11.3 Å². The number of aliphatic hydroxyl groups is 1. The largest absolute Gasteiger partial charge is 0.387 e. The van der Waals surface area contributed by atoms with Gasteiger partial charge < -0.3 is 15.7 Å². The summed E-state index contributed by atoms with van der Waals surface area (Å²) in [5, 5.41) is 12.4. The lowest BCUT2D eigenvalue weighted by atomic mass is 9.71. The van der Waals surface area contributed by atoms with Crippen LogP contribution in [0.4, 0.5) is 0 Å². The fourth-order valence-corrected chi connectivity index (χ4v) is 5.17. The number of halogens is 1. The van der Waals surface area contributed by atoms with Gasteiger partial charge in [0, 0.05) is 23.9 Å². The molecule has 1 aliphatic carbocycles. The molecule has 2 aliphatic rings. The number of aliphatic hydroxyl groups excluding tert-OH is 1. The highest BCUT2D eigenvalue weighted by Crippen LogP contribution is 2.40. The zero-order valence-corrected chi connectivity index (χ0v) is 16.5. The summed E-state index contributed by atoms with van der Waals surface area (Å²) in [5.74, 6) is 0.253. The molecule has 0 aromatic carbocycles. The Labute approximate surface area is 161 Å². The van der Waals surface area contributed by atoms with Crippen molar-refractivity contribution in [1.82, 2.24) is 4.90 Å². The van der Waals surface area contributed by atoms with Crippen molar-refractivity contribution in [2.75, 3.05) is 13.1 Å². The van der Waals surface area contributed by atoms with E-state index in [9.17, 15) is 9.90 Å². The topological polar surface area (TPSA) is 66.6 Å². The number of hydrogen-bond donors (Lipinski definition) is 2. The van der Waals surface area contributed by atoms with Gasteiger partial charge in [-0.15, -0.1) is 23.7 Å². The van der Waals surface area contributed by atoms with E-state index in [2.05, 4.69) is 0 Å². The summed E-state index contributed by atoms with van der Waals surface area (Å²) in [6.07, 6.45) is 8.69. The fourth-order valence-electron chi connectivity index (χ4n) is 4.44. The number of carbonyl (C=O) groups excluding carboxylic acids is 1. The van der Waals surface area contributed by atoms with E-state index < -0.39 is 6.10 Å². The summed E-state index contributed by atoms with van der Waals surface area (Å²) in [6, 6.07) is 4.12. The van der Waals surface area contributed by atoms with Crippen molar-refractivity contribution in [2.24, 2.45) is 11.1 Å². The van der Waals surface area contributed by atoms with Crippen LogP contribution >= 0.6 is 23.7 Å². The zero-order chi connectivity index (χ0) is 17.0. The molecule has 0 bridgehead atoms. The lowest BCUT2D eigenvalue weighted by Gasteiger charge is -2.38. The first-order valence-corrected chi connectivity index (χ1v) is 10.2. The molecule has 0 spiro atoms. The molecule has 1 amide bonds. The van der Waals surface area contributed by atoms with Gasteiger partial charge in [0.25, 0.3) is 0 Å². The summed E-state index contributed by atoms with van der Waals surface area (Å²) >= 11 is 1.59. The number of hydrogen-bond acceptors (Lipinski definition) is 4. The number of amides is 1. The van der Waals surface area contributed by atoms with Crippen LogP contribution in [0, 0.1) is 5.41 Å². The Hall–Kier alpha value is -0.620. The lowest BCUT2D eigenvalue weighted by Crippen LogP contribution is -2.42. The standard InChI is InChI=1S/C19H30N2O2S.ClH/c20-14-19(8-2-1-3-9-19)13-18(23)21-10-4-6-15(21)12-16(22)17-7-5-11-24-17;/h5,7,11,15-16,22H,1-4,6,8-10,12-14,20H2;1H. The first kappa shape index (κ1) is 20.7. The number of carbonyl (C=O) groups is 1. The number of rotatable bonds is 6. The molecule has 2 heterocycles. The first-order valence-electron chi connectivity index (χ1n) is 9.34. The highest BCUT2D eigenvalue weighted by Gasteiger charge is 2.37. The Balaban J connectivity index is 0.00000225. The van der Waals surface area contributed by atoms with Crippen LogP contribution in [-0.2, 0) is 4.79 Å². The first-order chi connectivity index (χ1) is 11.6. The fraction of sp³-hybridized carbons (Fsp3) is 0.737. The second kappa shape index (κ2) is 9.36. The Kier molecular flexibility index (Phi) is 7.74. The van der Waals surface area contributed by atoms with Gasteiger partial charge in [0.15, 0.2) is 0 Å². The average Bonchev–Trinajstić information content (AvgIpc) is 3.27. The molecule has 4 nitrogen and oxygen atoms in total. The highest BCUT2D eigenvalue weighted by atomic mass is 35.5. The van der Waals surface area contributed by atoms with Crippen molar-refractivity contribution in [3.63, 3.8) is 0 Å². The number of nitrogens with zero attached hydrogens (tertiary/aromatic N) is 1. The molecule has 3 rings (SSSR count). The Bertz CT molecular complexity index is 532. The van der Waals surface area contributed by atoms with Crippen LogP contribution in [-0.4, -0.2) is 35.0 Å². The van der Waals surface area contributed by atoms with E-state index in [0.717, 1.165) is 37.1 Å². The Morgan fingerprint density at radius 2 is 2.12 bits per heavy atom. The van der Waals surface area contributed by atoms with Gasteiger partial charge in [-0.05, 0) is 55.5 Å². The van der Waals surface area contributed by atoms with Gasteiger partial charge in [-0.1, -0.05) is 25.3 Å². The van der Waals surface area contributed by atoms with Crippen molar-refractivity contribution >= 4 is 29.7 Å². The van der Waals surface area contributed by atoms with Gasteiger partial charge in [0.2, 0.25) is 5.91 Å². The third-order valence-electron chi connectivity index (χ3n) is 5.94. The molecule has 3 N–H and O–H groups in total. The minimum atomic E-state index is -0.457. The smallest absolute Gasteiger partial charge is 0.223 e. The third kappa shape index (κ3) is 4.97. The third-order valence-corrected chi connectivity index (χ3v) is 6.91. The van der Waals surface area contributed by atoms with Crippen LogP contribution in [0.25, 0.3) is 0 Å². The molecule has 142 valence electrons. The summed E-state index contributed by atoms with van der Waals surface area (Å²) in [7, 11) is 0. The second-order valence-electron chi connectivity index (χ2n) is 7.59. The van der Waals surface area contributed by atoms with Gasteiger partial charge in [-0.25, -0.2) is 0 Å². The van der Waals surface area contributed by atoms with Gasteiger partial charge >= 0.3 is 0 Å². The summed E-state index contributed by atoms with van der Waals surface area (Å²) in [4.78, 5) is 16.0. The van der Waals surface area contributed by atoms with Crippen molar-refractivity contribution in [1.29, 1.82) is 0 Å². The SMILES string of the molecule is Cl.NCC1(CC(=O)N2CCCC2CC(O)c2cccs2)CCCCC1. The van der Waals surface area contributed by atoms with E-state index in [1.165, 1.54) is 19.3 Å². The van der Waals surface area contributed by atoms with E-state index >= 15 is 0 Å². The quantitative estimate of drug-likeness (QED) is 0.779. The molecule has 2 atom stereocenters. The second-order valence-corrected chi connectivity index (χ2v) is 8.57.